The van der Waals surface area contributed by atoms with Gasteiger partial charge in [0.25, 0.3) is 5.91 Å². The molecular weight excluding hydrogens is 298 g/mol. The zero-order chi connectivity index (χ0) is 15.6. The van der Waals surface area contributed by atoms with Gasteiger partial charge in [-0.05, 0) is 25.0 Å². The van der Waals surface area contributed by atoms with Crippen LogP contribution in [0.15, 0.2) is 18.2 Å². The summed E-state index contributed by atoms with van der Waals surface area (Å²) in [7, 11) is -3.17. The molecule has 1 aliphatic rings. The van der Waals surface area contributed by atoms with Crippen molar-refractivity contribution >= 4 is 27.1 Å². The van der Waals surface area contributed by atoms with Gasteiger partial charge in [-0.25, -0.2) is 8.42 Å². The molecule has 1 aromatic rings. The number of carbonyl (C=O) groups excluding carboxylic acids is 1. The lowest BCUT2D eigenvalue weighted by molar-refractivity contribution is -0.384. The van der Waals surface area contributed by atoms with Crippen LogP contribution in [0.4, 0.5) is 11.4 Å². The van der Waals surface area contributed by atoms with Gasteiger partial charge in [0.05, 0.1) is 15.9 Å². The molecule has 0 radical (unpaired) electrons. The van der Waals surface area contributed by atoms with Crippen molar-refractivity contribution < 1.29 is 18.1 Å². The normalized spacial score (nSPS) is 20.1. The van der Waals surface area contributed by atoms with Crippen LogP contribution in [0.1, 0.15) is 23.2 Å². The third-order valence-corrected chi connectivity index (χ3v) is 5.72. The fourth-order valence-electron chi connectivity index (χ4n) is 2.34. The van der Waals surface area contributed by atoms with Crippen molar-refractivity contribution in [3.63, 3.8) is 0 Å². The minimum atomic E-state index is -3.17. The summed E-state index contributed by atoms with van der Waals surface area (Å²) in [5, 5.41) is 12.8. The van der Waals surface area contributed by atoms with E-state index in [1.165, 1.54) is 18.2 Å². The summed E-state index contributed by atoms with van der Waals surface area (Å²) in [4.78, 5) is 22.3. The van der Waals surface area contributed by atoms with Crippen LogP contribution < -0.4 is 11.1 Å². The summed E-state index contributed by atoms with van der Waals surface area (Å²) in [6, 6.07) is 4.05. The Hall–Kier alpha value is -2.16. The minimum absolute atomic E-state index is 0.0485. The predicted molar refractivity (Wildman–Crippen MR) is 76.7 cm³/mol. The lowest BCUT2D eigenvalue weighted by Gasteiger charge is -2.11. The Kier molecular flexibility index (Phi) is 4.12. The van der Waals surface area contributed by atoms with Crippen molar-refractivity contribution in [3.05, 3.63) is 33.9 Å². The van der Waals surface area contributed by atoms with Crippen LogP contribution in [0, 0.1) is 10.1 Å². The molecule has 2 rings (SSSR count). The Morgan fingerprint density at radius 1 is 1.48 bits per heavy atom. The molecule has 8 nitrogen and oxygen atoms in total. The standard InChI is InChI=1S/C12H15N3O5S/c13-10-5-1-4-9(11(10)15(17)18)12(16)14-7-8-3-2-6-21(8,19)20/h1,4-5,8H,2-3,6-7,13H2,(H,14,16). The number of anilines is 1. The number of rotatable bonds is 4. The van der Waals surface area contributed by atoms with E-state index in [9.17, 15) is 23.3 Å². The highest BCUT2D eigenvalue weighted by atomic mass is 32.2. The van der Waals surface area contributed by atoms with Crippen molar-refractivity contribution in [1.82, 2.24) is 5.32 Å². The van der Waals surface area contributed by atoms with Crippen LogP contribution in [0.3, 0.4) is 0 Å². The van der Waals surface area contributed by atoms with E-state index in [4.69, 9.17) is 5.73 Å². The molecule has 0 saturated carbocycles. The van der Waals surface area contributed by atoms with Gasteiger partial charge in [0.2, 0.25) is 0 Å². The molecular formula is C12H15N3O5S. The molecule has 0 aliphatic carbocycles. The molecule has 1 aromatic carbocycles. The summed E-state index contributed by atoms with van der Waals surface area (Å²) >= 11 is 0. The maximum absolute atomic E-state index is 12.0. The molecule has 1 saturated heterocycles. The van der Waals surface area contributed by atoms with Gasteiger partial charge in [-0.1, -0.05) is 6.07 Å². The maximum atomic E-state index is 12.0. The predicted octanol–water partition coefficient (Wildman–Crippen LogP) is 0.484. The van der Waals surface area contributed by atoms with E-state index in [0.717, 1.165) is 0 Å². The monoisotopic (exact) mass is 313 g/mol. The number of carbonyl (C=O) groups is 1. The molecule has 1 atom stereocenters. The number of nitro groups is 1. The van der Waals surface area contributed by atoms with E-state index < -0.39 is 31.6 Å². The summed E-state index contributed by atoms with van der Waals surface area (Å²) in [5.74, 6) is -0.581. The number of hydrogen-bond donors (Lipinski definition) is 2. The topological polar surface area (TPSA) is 132 Å². The van der Waals surface area contributed by atoms with Crippen molar-refractivity contribution in [2.45, 2.75) is 18.1 Å². The zero-order valence-corrected chi connectivity index (χ0v) is 11.9. The number of hydrogen-bond acceptors (Lipinski definition) is 6. The SMILES string of the molecule is Nc1cccc(C(=O)NCC2CCCS2(=O)=O)c1[N+](=O)[O-]. The van der Waals surface area contributed by atoms with Crippen molar-refractivity contribution in [2.24, 2.45) is 0 Å². The maximum Gasteiger partial charge on any atom is 0.304 e. The van der Waals surface area contributed by atoms with Gasteiger partial charge in [-0.2, -0.15) is 0 Å². The fourth-order valence-corrected chi connectivity index (χ4v) is 4.10. The van der Waals surface area contributed by atoms with Crippen molar-refractivity contribution in [3.8, 4) is 0 Å². The summed E-state index contributed by atoms with van der Waals surface area (Å²) in [6.45, 7) is -0.0485. The van der Waals surface area contributed by atoms with Gasteiger partial charge >= 0.3 is 5.69 Å². The van der Waals surface area contributed by atoms with Crippen LogP contribution in [-0.4, -0.2) is 36.8 Å². The third-order valence-electron chi connectivity index (χ3n) is 3.45. The van der Waals surface area contributed by atoms with Gasteiger partial charge in [0, 0.05) is 6.54 Å². The molecule has 0 aromatic heterocycles. The molecule has 21 heavy (non-hydrogen) atoms. The summed E-state index contributed by atoms with van der Waals surface area (Å²) < 4.78 is 23.3. The molecule has 1 unspecified atom stereocenters. The lowest BCUT2D eigenvalue weighted by Crippen LogP contribution is -2.34. The van der Waals surface area contributed by atoms with Crippen LogP contribution >= 0.6 is 0 Å². The molecule has 0 spiro atoms. The van der Waals surface area contributed by atoms with E-state index in [-0.39, 0.29) is 23.5 Å². The van der Waals surface area contributed by atoms with Gasteiger partial charge in [0.15, 0.2) is 9.84 Å². The van der Waals surface area contributed by atoms with Gasteiger partial charge in [-0.15, -0.1) is 0 Å². The van der Waals surface area contributed by atoms with Crippen LogP contribution in [0.5, 0.6) is 0 Å². The Morgan fingerprint density at radius 3 is 2.76 bits per heavy atom. The number of sulfone groups is 1. The Morgan fingerprint density at radius 2 is 2.19 bits per heavy atom. The molecule has 1 amide bonds. The Bertz CT molecular complexity index is 686. The second-order valence-electron chi connectivity index (χ2n) is 4.84. The number of benzene rings is 1. The van der Waals surface area contributed by atoms with Crippen molar-refractivity contribution in [1.29, 1.82) is 0 Å². The summed E-state index contributed by atoms with van der Waals surface area (Å²) in [5.41, 5.74) is 4.75. The first-order valence-electron chi connectivity index (χ1n) is 6.35. The third kappa shape index (κ3) is 3.13. The number of nitro benzene ring substituents is 1. The van der Waals surface area contributed by atoms with E-state index in [1.54, 1.807) is 0 Å². The number of amides is 1. The summed E-state index contributed by atoms with van der Waals surface area (Å²) in [6.07, 6.45) is 1.06. The smallest absolute Gasteiger partial charge is 0.304 e. The van der Waals surface area contributed by atoms with Gasteiger partial charge < -0.3 is 11.1 Å². The first-order valence-corrected chi connectivity index (χ1v) is 8.07. The van der Waals surface area contributed by atoms with Gasteiger partial charge in [0.1, 0.15) is 11.3 Å². The fraction of sp³-hybridized carbons (Fsp3) is 0.417. The van der Waals surface area contributed by atoms with E-state index in [0.29, 0.717) is 12.8 Å². The molecule has 1 fully saturated rings. The first kappa shape index (κ1) is 15.2. The average molecular weight is 313 g/mol. The Labute approximate surface area is 121 Å². The van der Waals surface area contributed by atoms with Crippen LogP contribution in [-0.2, 0) is 9.84 Å². The lowest BCUT2D eigenvalue weighted by atomic mass is 10.1. The number of nitrogens with one attached hydrogen (secondary N) is 1. The van der Waals surface area contributed by atoms with Crippen LogP contribution in [0.25, 0.3) is 0 Å². The number of nitrogen functional groups attached to an aromatic ring is 1. The van der Waals surface area contributed by atoms with E-state index in [2.05, 4.69) is 5.32 Å². The second kappa shape index (κ2) is 5.68. The molecule has 114 valence electrons. The number of nitrogens with two attached hydrogens (primary N) is 1. The number of para-hydroxylation sites is 1. The highest BCUT2D eigenvalue weighted by Crippen LogP contribution is 2.26. The molecule has 0 bridgehead atoms. The zero-order valence-electron chi connectivity index (χ0n) is 11.1. The Balaban J connectivity index is 2.15. The van der Waals surface area contributed by atoms with E-state index in [1.807, 2.05) is 0 Å². The molecule has 3 N–H and O–H groups in total. The molecule has 1 heterocycles. The second-order valence-corrected chi connectivity index (χ2v) is 7.24. The quantitative estimate of drug-likeness (QED) is 0.472. The van der Waals surface area contributed by atoms with Crippen LogP contribution in [0.2, 0.25) is 0 Å². The first-order chi connectivity index (χ1) is 9.83. The van der Waals surface area contributed by atoms with Crippen molar-refractivity contribution in [2.75, 3.05) is 18.0 Å². The molecule has 1 aliphatic heterocycles. The number of nitrogens with zero attached hydrogens (tertiary/aromatic N) is 1. The largest absolute Gasteiger partial charge is 0.393 e. The highest BCUT2D eigenvalue weighted by molar-refractivity contribution is 7.92. The minimum Gasteiger partial charge on any atom is -0.393 e. The van der Waals surface area contributed by atoms with Gasteiger partial charge in [-0.3, -0.25) is 14.9 Å². The average Bonchev–Trinajstić information content (AvgIpc) is 2.74. The van der Waals surface area contributed by atoms with E-state index >= 15 is 0 Å². The molecule has 9 heteroatoms. The highest BCUT2D eigenvalue weighted by Gasteiger charge is 2.32.